The fourth-order valence-corrected chi connectivity index (χ4v) is 3.27. The van der Waals surface area contributed by atoms with Gasteiger partial charge >= 0.3 is 6.09 Å². The van der Waals surface area contributed by atoms with Gasteiger partial charge in [-0.3, -0.25) is 4.79 Å². The number of ether oxygens (including phenoxy) is 2. The lowest BCUT2D eigenvalue weighted by Gasteiger charge is -2.33. The summed E-state index contributed by atoms with van der Waals surface area (Å²) in [6.45, 7) is 6.27. The van der Waals surface area contributed by atoms with Crippen LogP contribution in [0, 0.1) is 5.82 Å². The van der Waals surface area contributed by atoms with Gasteiger partial charge in [-0.15, -0.1) is 0 Å². The molecule has 0 aromatic heterocycles. The zero-order chi connectivity index (χ0) is 18.2. The molecule has 0 saturated carbocycles. The standard InChI is InChI=1S/C18H23FN2O4/c1-18(2,3)25-17(23)20-13-6-8-21(16(13)22)14-7-9-24-15-5-4-11(19)10-12(14)15/h4-5,10,13-14H,6-9H2,1-3H3,(H,20,23)/t13-,14+/m0/s1. The summed E-state index contributed by atoms with van der Waals surface area (Å²) in [5.41, 5.74) is 0.0558. The van der Waals surface area contributed by atoms with Gasteiger partial charge in [-0.05, 0) is 45.4 Å². The minimum absolute atomic E-state index is 0.173. The molecule has 0 unspecified atom stereocenters. The van der Waals surface area contributed by atoms with Crippen LogP contribution in [0.3, 0.4) is 0 Å². The van der Waals surface area contributed by atoms with Crippen molar-refractivity contribution >= 4 is 12.0 Å². The first kappa shape index (κ1) is 17.5. The fraction of sp³-hybridized carbons (Fsp3) is 0.556. The number of alkyl carbamates (subject to hydrolysis) is 1. The van der Waals surface area contributed by atoms with E-state index in [-0.39, 0.29) is 17.8 Å². The first-order valence-electron chi connectivity index (χ1n) is 8.47. The van der Waals surface area contributed by atoms with Crippen molar-refractivity contribution in [3.05, 3.63) is 29.6 Å². The summed E-state index contributed by atoms with van der Waals surface area (Å²) >= 11 is 0. The topological polar surface area (TPSA) is 67.9 Å². The monoisotopic (exact) mass is 350 g/mol. The summed E-state index contributed by atoms with van der Waals surface area (Å²) in [6, 6.07) is 3.50. The van der Waals surface area contributed by atoms with Crippen LogP contribution in [0.1, 0.15) is 45.2 Å². The molecule has 0 radical (unpaired) electrons. The molecule has 0 bridgehead atoms. The van der Waals surface area contributed by atoms with E-state index in [1.54, 1.807) is 31.7 Å². The summed E-state index contributed by atoms with van der Waals surface area (Å²) < 4.78 is 24.4. The second kappa shape index (κ2) is 6.54. The Morgan fingerprint density at radius 3 is 2.84 bits per heavy atom. The first-order chi connectivity index (χ1) is 11.7. The Balaban J connectivity index is 1.71. The lowest BCUT2D eigenvalue weighted by atomic mass is 9.99. The molecule has 2 aliphatic rings. The van der Waals surface area contributed by atoms with Gasteiger partial charge in [-0.25, -0.2) is 9.18 Å². The van der Waals surface area contributed by atoms with Gasteiger partial charge in [0.25, 0.3) is 0 Å². The van der Waals surface area contributed by atoms with E-state index < -0.39 is 17.7 Å². The van der Waals surface area contributed by atoms with E-state index in [4.69, 9.17) is 9.47 Å². The molecule has 7 heteroatoms. The Morgan fingerprint density at radius 1 is 1.36 bits per heavy atom. The number of halogens is 1. The van der Waals surface area contributed by atoms with Crippen molar-refractivity contribution in [1.29, 1.82) is 0 Å². The number of likely N-dealkylation sites (tertiary alicyclic amines) is 1. The normalized spacial score (nSPS) is 23.0. The van der Waals surface area contributed by atoms with Gasteiger partial charge in [0.05, 0.1) is 12.6 Å². The smallest absolute Gasteiger partial charge is 0.408 e. The zero-order valence-electron chi connectivity index (χ0n) is 14.7. The van der Waals surface area contributed by atoms with E-state index >= 15 is 0 Å². The largest absolute Gasteiger partial charge is 0.493 e. The number of fused-ring (bicyclic) bond motifs is 1. The second-order valence-electron chi connectivity index (χ2n) is 7.35. The van der Waals surface area contributed by atoms with Crippen molar-refractivity contribution in [3.8, 4) is 5.75 Å². The Kier molecular flexibility index (Phi) is 4.58. The molecule has 25 heavy (non-hydrogen) atoms. The van der Waals surface area contributed by atoms with Gasteiger partial charge in [0.15, 0.2) is 0 Å². The third kappa shape index (κ3) is 3.86. The molecule has 1 saturated heterocycles. The minimum Gasteiger partial charge on any atom is -0.493 e. The zero-order valence-corrected chi connectivity index (χ0v) is 14.7. The van der Waals surface area contributed by atoms with Crippen molar-refractivity contribution in [2.45, 2.75) is 51.3 Å². The van der Waals surface area contributed by atoms with E-state index in [1.165, 1.54) is 12.1 Å². The maximum Gasteiger partial charge on any atom is 0.408 e. The molecule has 2 heterocycles. The van der Waals surface area contributed by atoms with Gasteiger partial charge in [0.2, 0.25) is 5.91 Å². The fourth-order valence-electron chi connectivity index (χ4n) is 3.27. The number of hydrogen-bond donors (Lipinski definition) is 1. The summed E-state index contributed by atoms with van der Waals surface area (Å²) in [7, 11) is 0. The van der Waals surface area contributed by atoms with Crippen molar-refractivity contribution < 1.29 is 23.5 Å². The van der Waals surface area contributed by atoms with E-state index in [9.17, 15) is 14.0 Å². The third-order valence-corrected chi connectivity index (χ3v) is 4.29. The number of carbonyl (C=O) groups excluding carboxylic acids is 2. The first-order valence-corrected chi connectivity index (χ1v) is 8.47. The molecular weight excluding hydrogens is 327 g/mol. The molecule has 1 N–H and O–H groups in total. The summed E-state index contributed by atoms with van der Waals surface area (Å²) in [6.07, 6.45) is 0.493. The highest BCUT2D eigenvalue weighted by Gasteiger charge is 2.39. The Morgan fingerprint density at radius 2 is 2.12 bits per heavy atom. The number of nitrogens with zero attached hydrogens (tertiary/aromatic N) is 1. The lowest BCUT2D eigenvalue weighted by Crippen LogP contribution is -2.44. The number of nitrogens with one attached hydrogen (secondary N) is 1. The highest BCUT2D eigenvalue weighted by molar-refractivity contribution is 5.88. The average Bonchev–Trinajstić information content (AvgIpc) is 2.85. The number of carbonyl (C=O) groups is 2. The van der Waals surface area contributed by atoms with Gasteiger partial charge < -0.3 is 19.7 Å². The summed E-state index contributed by atoms with van der Waals surface area (Å²) in [4.78, 5) is 26.3. The quantitative estimate of drug-likeness (QED) is 0.891. The van der Waals surface area contributed by atoms with Gasteiger partial charge in [0, 0.05) is 18.5 Å². The van der Waals surface area contributed by atoms with Crippen LogP contribution in [-0.2, 0) is 9.53 Å². The van der Waals surface area contributed by atoms with Crippen LogP contribution in [0.25, 0.3) is 0 Å². The van der Waals surface area contributed by atoms with Gasteiger partial charge in [-0.1, -0.05) is 0 Å². The molecule has 2 aliphatic heterocycles. The van der Waals surface area contributed by atoms with Gasteiger partial charge in [0.1, 0.15) is 23.2 Å². The molecule has 136 valence electrons. The Bertz CT molecular complexity index is 686. The molecule has 0 aliphatic carbocycles. The maximum atomic E-state index is 13.6. The minimum atomic E-state index is -0.622. The van der Waals surface area contributed by atoms with Crippen LogP contribution in [-0.4, -0.2) is 41.7 Å². The van der Waals surface area contributed by atoms with Crippen molar-refractivity contribution in [3.63, 3.8) is 0 Å². The van der Waals surface area contributed by atoms with E-state index in [2.05, 4.69) is 5.32 Å². The predicted molar refractivity (Wildman–Crippen MR) is 88.7 cm³/mol. The highest BCUT2D eigenvalue weighted by atomic mass is 19.1. The molecule has 1 aromatic rings. The van der Waals surface area contributed by atoms with Crippen LogP contribution in [0.2, 0.25) is 0 Å². The molecule has 2 atom stereocenters. The SMILES string of the molecule is CC(C)(C)OC(=O)N[C@H]1CCN([C@@H]2CCOc3ccc(F)cc32)C1=O. The van der Waals surface area contributed by atoms with E-state index in [1.807, 2.05) is 0 Å². The molecule has 3 rings (SSSR count). The Labute approximate surface area is 146 Å². The maximum absolute atomic E-state index is 13.6. The molecule has 0 spiro atoms. The number of hydrogen-bond acceptors (Lipinski definition) is 4. The average molecular weight is 350 g/mol. The molecule has 1 fully saturated rings. The van der Waals surface area contributed by atoms with E-state index in [0.29, 0.717) is 37.3 Å². The van der Waals surface area contributed by atoms with Crippen LogP contribution in [0.15, 0.2) is 18.2 Å². The number of amides is 2. The van der Waals surface area contributed by atoms with Crippen molar-refractivity contribution in [2.24, 2.45) is 0 Å². The second-order valence-corrected chi connectivity index (χ2v) is 7.35. The van der Waals surface area contributed by atoms with Crippen LogP contribution < -0.4 is 10.1 Å². The van der Waals surface area contributed by atoms with Crippen LogP contribution in [0.4, 0.5) is 9.18 Å². The number of benzene rings is 1. The molecule has 6 nitrogen and oxygen atoms in total. The molecular formula is C18H23FN2O4. The predicted octanol–water partition coefficient (Wildman–Crippen LogP) is 2.77. The third-order valence-electron chi connectivity index (χ3n) is 4.29. The number of rotatable bonds is 2. The van der Waals surface area contributed by atoms with Crippen molar-refractivity contribution in [1.82, 2.24) is 10.2 Å². The van der Waals surface area contributed by atoms with Crippen LogP contribution >= 0.6 is 0 Å². The summed E-state index contributed by atoms with van der Waals surface area (Å²) in [5, 5.41) is 2.63. The molecule has 1 aromatic carbocycles. The Hall–Kier alpha value is -2.31. The van der Waals surface area contributed by atoms with E-state index in [0.717, 1.165) is 0 Å². The highest BCUT2D eigenvalue weighted by Crippen LogP contribution is 2.38. The lowest BCUT2D eigenvalue weighted by molar-refractivity contribution is -0.132. The summed E-state index contributed by atoms with van der Waals surface area (Å²) in [5.74, 6) is 0.0753. The van der Waals surface area contributed by atoms with Crippen molar-refractivity contribution in [2.75, 3.05) is 13.2 Å². The molecule has 2 amide bonds. The van der Waals surface area contributed by atoms with Crippen LogP contribution in [0.5, 0.6) is 5.75 Å². The van der Waals surface area contributed by atoms with Gasteiger partial charge in [-0.2, -0.15) is 0 Å².